The molecule has 1 rings (SSSR count). The molecule has 5 heteroatoms. The van der Waals surface area contributed by atoms with Gasteiger partial charge in [0.05, 0.1) is 5.56 Å². The van der Waals surface area contributed by atoms with Crippen LogP contribution in [-0.4, -0.2) is 33.3 Å². The van der Waals surface area contributed by atoms with Gasteiger partial charge in [-0.15, -0.1) is 0 Å². The lowest BCUT2D eigenvalue weighted by Crippen LogP contribution is -2.40. The second kappa shape index (κ2) is 10.6. The van der Waals surface area contributed by atoms with Gasteiger partial charge in [0.15, 0.2) is 20.7 Å². The summed E-state index contributed by atoms with van der Waals surface area (Å²) in [7, 11) is -1.65. The Morgan fingerprint density at radius 3 is 2.27 bits per heavy atom. The Kier molecular flexibility index (Phi) is 9.23. The van der Waals surface area contributed by atoms with Gasteiger partial charge in [0.2, 0.25) is 0 Å². The molecule has 0 amide bonds. The van der Waals surface area contributed by atoms with Gasteiger partial charge < -0.3 is 9.16 Å². The summed E-state index contributed by atoms with van der Waals surface area (Å²) in [6, 6.07) is 8.76. The molecule has 0 aliphatic carbocycles. The molecule has 0 aromatic heterocycles. The van der Waals surface area contributed by atoms with Crippen LogP contribution >= 0.6 is 0 Å². The summed E-state index contributed by atoms with van der Waals surface area (Å²) in [5.74, 6) is -0.439. The third kappa shape index (κ3) is 7.83. The third-order valence-electron chi connectivity index (χ3n) is 5.07. The highest BCUT2D eigenvalue weighted by Gasteiger charge is 2.36. The standard InChI is InChI=1S/C21H34O4Si/c1-21(2,3)26(4,5)24-16-12-7-6-11-15-19(17-22)25-20(23)18-13-9-8-10-14-18/h8-10,13-14,17,19H,6-7,11-12,15-16H2,1-5H3. The molecule has 26 heavy (non-hydrogen) atoms. The summed E-state index contributed by atoms with van der Waals surface area (Å²) in [6.45, 7) is 12.1. The predicted octanol–water partition coefficient (Wildman–Crippen LogP) is 5.38. The highest BCUT2D eigenvalue weighted by Crippen LogP contribution is 2.36. The summed E-state index contributed by atoms with van der Waals surface area (Å²) >= 11 is 0. The molecule has 0 radical (unpaired) electrons. The van der Waals surface area contributed by atoms with Crippen molar-refractivity contribution in [2.45, 2.75) is 77.1 Å². The number of ether oxygens (including phenoxy) is 1. The molecule has 0 spiro atoms. The van der Waals surface area contributed by atoms with E-state index >= 15 is 0 Å². The molecule has 0 bridgehead atoms. The molecule has 4 nitrogen and oxygen atoms in total. The van der Waals surface area contributed by atoms with Crippen LogP contribution in [0.4, 0.5) is 0 Å². The van der Waals surface area contributed by atoms with Gasteiger partial charge in [0, 0.05) is 6.61 Å². The monoisotopic (exact) mass is 378 g/mol. The molecule has 0 N–H and O–H groups in total. The van der Waals surface area contributed by atoms with Crippen LogP contribution in [0, 0.1) is 0 Å². The average molecular weight is 379 g/mol. The first-order valence-electron chi connectivity index (χ1n) is 9.52. The first kappa shape index (κ1) is 22.6. The molecule has 1 aromatic carbocycles. The van der Waals surface area contributed by atoms with Crippen molar-refractivity contribution in [3.63, 3.8) is 0 Å². The Balaban J connectivity index is 2.19. The largest absolute Gasteiger partial charge is 0.451 e. The number of carbonyl (C=O) groups is 2. The zero-order chi connectivity index (χ0) is 19.6. The molecule has 0 heterocycles. The molecule has 0 fully saturated rings. The minimum atomic E-state index is -1.65. The van der Waals surface area contributed by atoms with Gasteiger partial charge in [-0.1, -0.05) is 51.8 Å². The molecule has 1 unspecified atom stereocenters. The van der Waals surface area contributed by atoms with Crippen molar-refractivity contribution in [2.75, 3.05) is 6.61 Å². The SMILES string of the molecule is CC(C)(C)[Si](C)(C)OCCCCCCC(C=O)OC(=O)c1ccccc1. The first-order chi connectivity index (χ1) is 12.2. The van der Waals surface area contributed by atoms with E-state index in [-0.39, 0.29) is 5.04 Å². The van der Waals surface area contributed by atoms with E-state index in [1.807, 2.05) is 6.07 Å². The van der Waals surface area contributed by atoms with Gasteiger partial charge in [-0.2, -0.15) is 0 Å². The van der Waals surface area contributed by atoms with E-state index in [0.29, 0.717) is 12.0 Å². The number of unbranched alkanes of at least 4 members (excludes halogenated alkanes) is 3. The van der Waals surface area contributed by atoms with Gasteiger partial charge in [0.1, 0.15) is 0 Å². The van der Waals surface area contributed by atoms with Crippen molar-refractivity contribution < 1.29 is 18.8 Å². The van der Waals surface area contributed by atoms with Crippen molar-refractivity contribution in [2.24, 2.45) is 0 Å². The fourth-order valence-corrected chi connectivity index (χ4v) is 3.37. The second-order valence-corrected chi connectivity index (χ2v) is 13.1. The molecular formula is C21H34O4Si. The fraction of sp³-hybridized carbons (Fsp3) is 0.619. The topological polar surface area (TPSA) is 52.6 Å². The smallest absolute Gasteiger partial charge is 0.338 e. The number of esters is 1. The van der Waals surface area contributed by atoms with Gasteiger partial charge in [-0.3, -0.25) is 4.79 Å². The predicted molar refractivity (Wildman–Crippen MR) is 108 cm³/mol. The third-order valence-corrected chi connectivity index (χ3v) is 9.61. The van der Waals surface area contributed by atoms with Crippen molar-refractivity contribution in [1.29, 1.82) is 0 Å². The zero-order valence-electron chi connectivity index (χ0n) is 16.9. The highest BCUT2D eigenvalue weighted by atomic mass is 28.4. The number of hydrogen-bond acceptors (Lipinski definition) is 4. The molecular weight excluding hydrogens is 344 g/mol. The Labute approximate surface area is 159 Å². The molecule has 0 saturated heterocycles. The Morgan fingerprint density at radius 2 is 1.69 bits per heavy atom. The molecule has 1 atom stereocenters. The maximum atomic E-state index is 12.0. The summed E-state index contributed by atoms with van der Waals surface area (Å²) in [5.41, 5.74) is 0.474. The summed E-state index contributed by atoms with van der Waals surface area (Å²) in [4.78, 5) is 23.1. The van der Waals surface area contributed by atoms with Crippen LogP contribution in [0.25, 0.3) is 0 Å². The van der Waals surface area contributed by atoms with E-state index in [0.717, 1.165) is 38.6 Å². The van der Waals surface area contributed by atoms with Crippen molar-refractivity contribution in [3.05, 3.63) is 35.9 Å². The Bertz CT molecular complexity index is 549. The van der Waals surface area contributed by atoms with Crippen LogP contribution < -0.4 is 0 Å². The van der Waals surface area contributed by atoms with E-state index in [2.05, 4.69) is 33.9 Å². The quantitative estimate of drug-likeness (QED) is 0.224. The van der Waals surface area contributed by atoms with Crippen molar-refractivity contribution in [3.8, 4) is 0 Å². The number of hydrogen-bond donors (Lipinski definition) is 0. The molecule has 146 valence electrons. The lowest BCUT2D eigenvalue weighted by atomic mass is 10.1. The second-order valence-electron chi connectivity index (χ2n) is 8.26. The van der Waals surface area contributed by atoms with Gasteiger partial charge in [-0.05, 0) is 49.5 Å². The fourth-order valence-electron chi connectivity index (χ4n) is 2.28. The zero-order valence-corrected chi connectivity index (χ0v) is 17.9. The van der Waals surface area contributed by atoms with Gasteiger partial charge in [-0.25, -0.2) is 4.79 Å². The summed E-state index contributed by atoms with van der Waals surface area (Å²) in [6.07, 6.45) is 4.60. The maximum Gasteiger partial charge on any atom is 0.338 e. The summed E-state index contributed by atoms with van der Waals surface area (Å²) in [5, 5.41) is 0.243. The maximum absolute atomic E-state index is 12.0. The van der Waals surface area contributed by atoms with E-state index in [1.54, 1.807) is 24.3 Å². The normalized spacial score (nSPS) is 13.3. The lowest BCUT2D eigenvalue weighted by molar-refractivity contribution is -0.115. The van der Waals surface area contributed by atoms with E-state index < -0.39 is 20.4 Å². The van der Waals surface area contributed by atoms with E-state index in [9.17, 15) is 9.59 Å². The van der Waals surface area contributed by atoms with Crippen LogP contribution in [0.15, 0.2) is 30.3 Å². The number of aldehydes is 1. The highest BCUT2D eigenvalue weighted by molar-refractivity contribution is 6.74. The number of rotatable bonds is 11. The van der Waals surface area contributed by atoms with Crippen molar-refractivity contribution >= 4 is 20.6 Å². The Hall–Kier alpha value is -1.46. The minimum absolute atomic E-state index is 0.243. The summed E-state index contributed by atoms with van der Waals surface area (Å²) < 4.78 is 11.4. The van der Waals surface area contributed by atoms with E-state index in [4.69, 9.17) is 9.16 Å². The van der Waals surface area contributed by atoms with Crippen LogP contribution in [-0.2, 0) is 14.0 Å². The van der Waals surface area contributed by atoms with Crippen LogP contribution in [0.5, 0.6) is 0 Å². The molecule has 0 saturated carbocycles. The van der Waals surface area contributed by atoms with Crippen molar-refractivity contribution in [1.82, 2.24) is 0 Å². The van der Waals surface area contributed by atoms with Crippen LogP contribution in [0.2, 0.25) is 18.1 Å². The minimum Gasteiger partial charge on any atom is -0.451 e. The van der Waals surface area contributed by atoms with E-state index in [1.165, 1.54) is 0 Å². The van der Waals surface area contributed by atoms with Gasteiger partial charge in [0.25, 0.3) is 0 Å². The molecule has 1 aromatic rings. The van der Waals surface area contributed by atoms with Crippen LogP contribution in [0.1, 0.15) is 63.2 Å². The van der Waals surface area contributed by atoms with Gasteiger partial charge >= 0.3 is 5.97 Å². The van der Waals surface area contributed by atoms with Crippen LogP contribution in [0.3, 0.4) is 0 Å². The first-order valence-corrected chi connectivity index (χ1v) is 12.4. The molecule has 0 aliphatic heterocycles. The Morgan fingerprint density at radius 1 is 1.08 bits per heavy atom. The molecule has 0 aliphatic rings. The number of benzene rings is 1. The lowest BCUT2D eigenvalue weighted by Gasteiger charge is -2.36. The average Bonchev–Trinajstić information content (AvgIpc) is 2.59. The number of carbonyl (C=O) groups excluding carboxylic acids is 2.